The average molecular weight is 378 g/mol. The maximum atomic E-state index is 12.3. The Morgan fingerprint density at radius 1 is 1.11 bits per heavy atom. The first-order valence-electron chi connectivity index (χ1n) is 9.07. The monoisotopic (exact) mass is 378 g/mol. The second-order valence-corrected chi connectivity index (χ2v) is 6.38. The highest BCUT2D eigenvalue weighted by Crippen LogP contribution is 2.29. The zero-order chi connectivity index (χ0) is 19.8. The predicted octanol–water partition coefficient (Wildman–Crippen LogP) is 1.63. The fourth-order valence-corrected chi connectivity index (χ4v) is 2.90. The molecule has 0 bridgehead atoms. The van der Waals surface area contributed by atoms with E-state index >= 15 is 0 Å². The lowest BCUT2D eigenvalue weighted by Gasteiger charge is -2.26. The van der Waals surface area contributed by atoms with Crippen molar-refractivity contribution in [3.8, 4) is 11.5 Å². The Balaban J connectivity index is 2.06. The van der Waals surface area contributed by atoms with E-state index in [1.807, 2.05) is 0 Å². The number of benzene rings is 1. The summed E-state index contributed by atoms with van der Waals surface area (Å²) < 4.78 is 11.2. The van der Waals surface area contributed by atoms with Crippen LogP contribution in [0, 0.1) is 0 Å². The smallest absolute Gasteiger partial charge is 0.323 e. The van der Waals surface area contributed by atoms with Crippen molar-refractivity contribution >= 4 is 17.8 Å². The first-order chi connectivity index (χ1) is 12.9. The van der Waals surface area contributed by atoms with E-state index in [2.05, 4.69) is 0 Å². The number of carboxylic acids is 1. The van der Waals surface area contributed by atoms with Crippen molar-refractivity contribution in [2.75, 3.05) is 39.9 Å². The molecule has 0 atom stereocenters. The lowest BCUT2D eigenvalue weighted by Crippen LogP contribution is -2.38. The van der Waals surface area contributed by atoms with Crippen molar-refractivity contribution in [2.24, 2.45) is 0 Å². The molecule has 8 nitrogen and oxygen atoms in total. The third kappa shape index (κ3) is 5.87. The summed E-state index contributed by atoms with van der Waals surface area (Å²) in [5, 5.41) is 8.82. The minimum atomic E-state index is -1.09. The highest BCUT2D eigenvalue weighted by molar-refractivity contribution is 5.96. The molecule has 1 aliphatic heterocycles. The number of likely N-dealkylation sites (N-methyl/N-ethyl adjacent to an activating group) is 1. The Morgan fingerprint density at radius 3 is 2.44 bits per heavy atom. The average Bonchev–Trinajstić information content (AvgIpc) is 2.66. The molecule has 0 spiro atoms. The fraction of sp³-hybridized carbons (Fsp3) is 0.526. The van der Waals surface area contributed by atoms with Gasteiger partial charge in [0, 0.05) is 25.7 Å². The van der Waals surface area contributed by atoms with E-state index in [1.54, 1.807) is 17.9 Å². The molecule has 0 aromatic heterocycles. The highest BCUT2D eigenvalue weighted by atomic mass is 16.5. The minimum Gasteiger partial charge on any atom is -0.490 e. The molecule has 1 heterocycles. The Bertz CT molecular complexity index is 685. The molecule has 1 aromatic rings. The summed E-state index contributed by atoms with van der Waals surface area (Å²) in [6.07, 6.45) is 3.16. The van der Waals surface area contributed by atoms with E-state index in [4.69, 9.17) is 14.6 Å². The van der Waals surface area contributed by atoms with Gasteiger partial charge in [0.05, 0.1) is 6.61 Å². The van der Waals surface area contributed by atoms with Gasteiger partial charge in [-0.3, -0.25) is 14.4 Å². The van der Waals surface area contributed by atoms with Gasteiger partial charge in [-0.2, -0.15) is 0 Å². The molecule has 0 saturated carbocycles. The van der Waals surface area contributed by atoms with Gasteiger partial charge in [0.1, 0.15) is 6.54 Å². The van der Waals surface area contributed by atoms with Crippen LogP contribution >= 0.6 is 0 Å². The van der Waals surface area contributed by atoms with Crippen LogP contribution in [0.2, 0.25) is 0 Å². The van der Waals surface area contributed by atoms with Crippen LogP contribution in [-0.4, -0.2) is 72.6 Å². The highest BCUT2D eigenvalue weighted by Gasteiger charge is 2.20. The third-order valence-electron chi connectivity index (χ3n) is 4.27. The van der Waals surface area contributed by atoms with Crippen LogP contribution in [0.5, 0.6) is 11.5 Å². The van der Waals surface area contributed by atoms with Gasteiger partial charge in [0.2, 0.25) is 0 Å². The number of likely N-dealkylation sites (tertiary alicyclic amines) is 1. The molecule has 1 aromatic carbocycles. The fourth-order valence-electron chi connectivity index (χ4n) is 2.90. The summed E-state index contributed by atoms with van der Waals surface area (Å²) in [4.78, 5) is 38.3. The van der Waals surface area contributed by atoms with Gasteiger partial charge in [-0.1, -0.05) is 0 Å². The van der Waals surface area contributed by atoms with Crippen LogP contribution < -0.4 is 9.47 Å². The van der Waals surface area contributed by atoms with Crippen LogP contribution in [-0.2, 0) is 9.59 Å². The van der Waals surface area contributed by atoms with Crippen molar-refractivity contribution in [2.45, 2.75) is 26.2 Å². The zero-order valence-electron chi connectivity index (χ0n) is 15.8. The number of carbonyl (C=O) groups excluding carboxylic acids is 2. The molecule has 2 rings (SSSR count). The molecular formula is C19H26N2O6. The number of hydrogen-bond donors (Lipinski definition) is 1. The van der Waals surface area contributed by atoms with Crippen molar-refractivity contribution in [3.63, 3.8) is 0 Å². The number of piperidine rings is 1. The minimum absolute atomic E-state index is 0.0708. The van der Waals surface area contributed by atoms with Crippen molar-refractivity contribution in [1.82, 2.24) is 9.80 Å². The van der Waals surface area contributed by atoms with E-state index < -0.39 is 18.4 Å². The summed E-state index contributed by atoms with van der Waals surface area (Å²) in [6, 6.07) is 4.60. The number of rotatable bonds is 8. The quantitative estimate of drug-likeness (QED) is 0.739. The summed E-state index contributed by atoms with van der Waals surface area (Å²) in [6.45, 7) is 3.18. The molecule has 0 radical (unpaired) electrons. The summed E-state index contributed by atoms with van der Waals surface area (Å²) in [5.41, 5.74) is 0.289. The number of ether oxygens (including phenoxy) is 2. The topological polar surface area (TPSA) is 96.4 Å². The maximum Gasteiger partial charge on any atom is 0.323 e. The number of aliphatic carboxylic acids is 1. The van der Waals surface area contributed by atoms with Gasteiger partial charge in [-0.25, -0.2) is 0 Å². The van der Waals surface area contributed by atoms with Gasteiger partial charge < -0.3 is 24.4 Å². The number of nitrogens with zero attached hydrogens (tertiary/aromatic N) is 2. The molecule has 1 aliphatic rings. The molecule has 27 heavy (non-hydrogen) atoms. The molecule has 2 amide bonds. The third-order valence-corrected chi connectivity index (χ3v) is 4.27. The van der Waals surface area contributed by atoms with Crippen molar-refractivity contribution < 1.29 is 29.0 Å². The molecule has 0 aliphatic carbocycles. The van der Waals surface area contributed by atoms with Crippen LogP contribution in [0.15, 0.2) is 18.2 Å². The van der Waals surface area contributed by atoms with Gasteiger partial charge >= 0.3 is 5.97 Å². The van der Waals surface area contributed by atoms with Crippen LogP contribution in [0.1, 0.15) is 36.5 Å². The van der Waals surface area contributed by atoms with Gasteiger partial charge in [-0.05, 0) is 44.4 Å². The molecular weight excluding hydrogens is 352 g/mol. The SMILES string of the molecule is CCOc1cc(C(=O)N(C)CC(=O)O)ccc1OCC(=O)N1CCCCC1. The Labute approximate surface area is 158 Å². The first kappa shape index (κ1) is 20.5. The van der Waals surface area contributed by atoms with E-state index in [-0.39, 0.29) is 18.1 Å². The Morgan fingerprint density at radius 2 is 1.81 bits per heavy atom. The van der Waals surface area contributed by atoms with Gasteiger partial charge in [0.15, 0.2) is 18.1 Å². The van der Waals surface area contributed by atoms with E-state index in [9.17, 15) is 14.4 Å². The van der Waals surface area contributed by atoms with Gasteiger partial charge in [-0.15, -0.1) is 0 Å². The van der Waals surface area contributed by atoms with Crippen molar-refractivity contribution in [3.05, 3.63) is 23.8 Å². The first-order valence-corrected chi connectivity index (χ1v) is 9.07. The standard InChI is InChI=1S/C19H26N2O6/c1-3-26-16-11-14(19(25)20(2)12-18(23)24)7-8-15(16)27-13-17(22)21-9-5-4-6-10-21/h7-8,11H,3-6,9-10,12-13H2,1-2H3,(H,23,24). The van der Waals surface area contributed by atoms with Crippen LogP contribution in [0.25, 0.3) is 0 Å². The zero-order valence-corrected chi connectivity index (χ0v) is 15.8. The largest absolute Gasteiger partial charge is 0.490 e. The second kappa shape index (κ2) is 9.80. The number of carboxylic acid groups (broad SMARTS) is 1. The second-order valence-electron chi connectivity index (χ2n) is 6.38. The lowest BCUT2D eigenvalue weighted by molar-refractivity contribution is -0.137. The summed E-state index contributed by atoms with van der Waals surface area (Å²) in [7, 11) is 1.42. The lowest BCUT2D eigenvalue weighted by atomic mass is 10.1. The predicted molar refractivity (Wildman–Crippen MR) is 98.1 cm³/mol. The van der Waals surface area contributed by atoms with Crippen LogP contribution in [0.4, 0.5) is 0 Å². The molecule has 1 fully saturated rings. The Hall–Kier alpha value is -2.77. The van der Waals surface area contributed by atoms with E-state index in [1.165, 1.54) is 19.2 Å². The molecule has 0 unspecified atom stereocenters. The number of carbonyl (C=O) groups is 3. The van der Waals surface area contributed by atoms with Crippen molar-refractivity contribution in [1.29, 1.82) is 0 Å². The normalized spacial score (nSPS) is 13.8. The summed E-state index contributed by atoms with van der Waals surface area (Å²) >= 11 is 0. The number of hydrogen-bond acceptors (Lipinski definition) is 5. The molecule has 8 heteroatoms. The molecule has 148 valence electrons. The van der Waals surface area contributed by atoms with E-state index in [0.717, 1.165) is 37.3 Å². The Kier molecular flexibility index (Phi) is 7.45. The number of amides is 2. The molecule has 1 N–H and O–H groups in total. The van der Waals surface area contributed by atoms with Gasteiger partial charge in [0.25, 0.3) is 11.8 Å². The van der Waals surface area contributed by atoms with E-state index in [0.29, 0.717) is 18.1 Å². The van der Waals surface area contributed by atoms with Crippen LogP contribution in [0.3, 0.4) is 0 Å². The maximum absolute atomic E-state index is 12.3. The summed E-state index contributed by atoms with van der Waals surface area (Å²) in [5.74, 6) is -0.877. The molecule has 1 saturated heterocycles.